The molecule has 0 bridgehead atoms. The van der Waals surface area contributed by atoms with Crippen LogP contribution in [0.5, 0.6) is 11.5 Å². The maximum Gasteiger partial charge on any atom is 0.254 e. The Morgan fingerprint density at radius 3 is 2.14 bits per heavy atom. The average Bonchev–Trinajstić information content (AvgIpc) is 2.75. The second kappa shape index (κ2) is 8.28. The maximum absolute atomic E-state index is 13.0. The molecule has 3 aromatic rings. The van der Waals surface area contributed by atoms with Crippen LogP contribution >= 0.6 is 0 Å². The number of para-hydroxylation sites is 1. The van der Waals surface area contributed by atoms with Crippen molar-refractivity contribution in [2.75, 3.05) is 13.1 Å². The monoisotopic (exact) mass is 373 g/mol. The highest BCUT2D eigenvalue weighted by molar-refractivity contribution is 5.94. The van der Waals surface area contributed by atoms with Gasteiger partial charge in [0.25, 0.3) is 5.91 Å². The summed E-state index contributed by atoms with van der Waals surface area (Å²) in [5.41, 5.74) is 1.75. The van der Waals surface area contributed by atoms with Crippen LogP contribution in [0.15, 0.2) is 84.9 Å². The SMILES string of the molecule is CC1CN(C(=O)c2ccc(Oc3ccccc3)cc2)CC(c2ccccc2)O1. The average molecular weight is 373 g/mol. The number of carbonyl (C=O) groups is 1. The van der Waals surface area contributed by atoms with Gasteiger partial charge in [-0.2, -0.15) is 0 Å². The Hall–Kier alpha value is -3.11. The van der Waals surface area contributed by atoms with Crippen molar-refractivity contribution in [1.82, 2.24) is 4.90 Å². The van der Waals surface area contributed by atoms with Crippen molar-refractivity contribution < 1.29 is 14.3 Å². The Morgan fingerprint density at radius 1 is 0.857 bits per heavy atom. The number of hydrogen-bond acceptors (Lipinski definition) is 3. The van der Waals surface area contributed by atoms with Gasteiger partial charge in [-0.3, -0.25) is 4.79 Å². The van der Waals surface area contributed by atoms with Gasteiger partial charge in [-0.15, -0.1) is 0 Å². The molecule has 2 unspecified atom stereocenters. The summed E-state index contributed by atoms with van der Waals surface area (Å²) < 4.78 is 11.9. The smallest absolute Gasteiger partial charge is 0.254 e. The molecule has 0 aromatic heterocycles. The van der Waals surface area contributed by atoms with Crippen LogP contribution in [0, 0.1) is 0 Å². The first kappa shape index (κ1) is 18.3. The van der Waals surface area contributed by atoms with Crippen LogP contribution in [-0.2, 0) is 4.74 Å². The Balaban J connectivity index is 1.46. The Labute approximate surface area is 165 Å². The molecule has 1 amide bonds. The lowest BCUT2D eigenvalue weighted by molar-refractivity contribution is -0.0691. The zero-order chi connectivity index (χ0) is 19.3. The van der Waals surface area contributed by atoms with Crippen LogP contribution in [0.4, 0.5) is 0 Å². The summed E-state index contributed by atoms with van der Waals surface area (Å²) in [5, 5.41) is 0. The number of amides is 1. The molecule has 142 valence electrons. The van der Waals surface area contributed by atoms with Crippen LogP contribution in [0.2, 0.25) is 0 Å². The lowest BCUT2D eigenvalue weighted by atomic mass is 10.1. The largest absolute Gasteiger partial charge is 0.457 e. The molecule has 4 rings (SSSR count). The van der Waals surface area contributed by atoms with Gasteiger partial charge in [-0.1, -0.05) is 48.5 Å². The predicted molar refractivity (Wildman–Crippen MR) is 109 cm³/mol. The minimum atomic E-state index is -0.102. The third kappa shape index (κ3) is 4.24. The number of benzene rings is 3. The molecular formula is C24H23NO3. The Morgan fingerprint density at radius 2 is 1.46 bits per heavy atom. The molecule has 0 aliphatic carbocycles. The van der Waals surface area contributed by atoms with Crippen molar-refractivity contribution in [3.63, 3.8) is 0 Å². The highest BCUT2D eigenvalue weighted by Gasteiger charge is 2.29. The third-order valence-electron chi connectivity index (χ3n) is 4.80. The van der Waals surface area contributed by atoms with Crippen LogP contribution in [0.3, 0.4) is 0 Å². The normalized spacial score (nSPS) is 19.2. The Bertz CT molecular complexity index is 910. The summed E-state index contributed by atoms with van der Waals surface area (Å²) in [5.74, 6) is 1.50. The third-order valence-corrected chi connectivity index (χ3v) is 4.80. The molecule has 0 saturated carbocycles. The van der Waals surface area contributed by atoms with E-state index >= 15 is 0 Å². The number of nitrogens with zero attached hydrogens (tertiary/aromatic N) is 1. The highest BCUT2D eigenvalue weighted by atomic mass is 16.5. The standard InChI is InChI=1S/C24H23NO3/c1-18-16-25(17-23(27-18)19-8-4-2-5-9-19)24(26)20-12-14-22(15-13-20)28-21-10-6-3-7-11-21/h2-15,18,23H,16-17H2,1H3. The van der Waals surface area contributed by atoms with E-state index in [1.165, 1.54) is 0 Å². The van der Waals surface area contributed by atoms with E-state index in [4.69, 9.17) is 9.47 Å². The second-order valence-electron chi connectivity index (χ2n) is 7.00. The van der Waals surface area contributed by atoms with E-state index < -0.39 is 0 Å². The van der Waals surface area contributed by atoms with E-state index in [1.807, 2.05) is 96.8 Å². The van der Waals surface area contributed by atoms with Crippen molar-refractivity contribution >= 4 is 5.91 Å². The van der Waals surface area contributed by atoms with Gasteiger partial charge in [0.1, 0.15) is 17.6 Å². The molecule has 1 saturated heterocycles. The first-order valence-electron chi connectivity index (χ1n) is 9.52. The zero-order valence-electron chi connectivity index (χ0n) is 15.8. The molecule has 28 heavy (non-hydrogen) atoms. The summed E-state index contributed by atoms with van der Waals surface area (Å²) in [6.45, 7) is 3.14. The minimum Gasteiger partial charge on any atom is -0.457 e. The minimum absolute atomic E-state index is 0.0106. The summed E-state index contributed by atoms with van der Waals surface area (Å²) in [6, 6.07) is 27.0. The molecule has 1 aliphatic rings. The fourth-order valence-corrected chi connectivity index (χ4v) is 3.44. The van der Waals surface area contributed by atoms with Gasteiger partial charge in [0.2, 0.25) is 0 Å². The number of hydrogen-bond donors (Lipinski definition) is 0. The van der Waals surface area contributed by atoms with Gasteiger partial charge in [-0.25, -0.2) is 0 Å². The van der Waals surface area contributed by atoms with E-state index in [0.717, 1.165) is 11.3 Å². The molecule has 4 heteroatoms. The van der Waals surface area contributed by atoms with Crippen LogP contribution in [0.1, 0.15) is 28.9 Å². The quantitative estimate of drug-likeness (QED) is 0.640. The zero-order valence-corrected chi connectivity index (χ0v) is 15.8. The number of ether oxygens (including phenoxy) is 2. The van der Waals surface area contributed by atoms with Crippen LogP contribution in [0.25, 0.3) is 0 Å². The van der Waals surface area contributed by atoms with Gasteiger partial charge in [-0.05, 0) is 48.9 Å². The van der Waals surface area contributed by atoms with Gasteiger partial charge in [0, 0.05) is 12.1 Å². The van der Waals surface area contributed by atoms with Crippen molar-refractivity contribution in [2.45, 2.75) is 19.1 Å². The van der Waals surface area contributed by atoms with Crippen molar-refractivity contribution in [1.29, 1.82) is 0 Å². The van der Waals surface area contributed by atoms with Gasteiger partial charge in [0.05, 0.1) is 12.6 Å². The molecular weight excluding hydrogens is 350 g/mol. The van der Waals surface area contributed by atoms with E-state index in [2.05, 4.69) is 0 Å². The number of rotatable bonds is 4. The maximum atomic E-state index is 13.0. The predicted octanol–water partition coefficient (Wildman–Crippen LogP) is 5.08. The number of carbonyl (C=O) groups excluding carboxylic acids is 1. The molecule has 0 N–H and O–H groups in total. The molecule has 1 aliphatic heterocycles. The van der Waals surface area contributed by atoms with Gasteiger partial charge >= 0.3 is 0 Å². The number of morpholine rings is 1. The lowest BCUT2D eigenvalue weighted by Gasteiger charge is -2.37. The molecule has 4 nitrogen and oxygen atoms in total. The van der Waals surface area contributed by atoms with Gasteiger partial charge < -0.3 is 14.4 Å². The fourth-order valence-electron chi connectivity index (χ4n) is 3.44. The first-order valence-corrected chi connectivity index (χ1v) is 9.52. The molecule has 1 heterocycles. The van der Waals surface area contributed by atoms with E-state index in [0.29, 0.717) is 24.4 Å². The van der Waals surface area contributed by atoms with Crippen molar-refractivity contribution in [3.8, 4) is 11.5 Å². The van der Waals surface area contributed by atoms with Gasteiger partial charge in [0.15, 0.2) is 0 Å². The second-order valence-corrected chi connectivity index (χ2v) is 7.00. The molecule has 2 atom stereocenters. The molecule has 3 aromatic carbocycles. The fraction of sp³-hybridized carbons (Fsp3) is 0.208. The first-order chi connectivity index (χ1) is 13.7. The van der Waals surface area contributed by atoms with Crippen molar-refractivity contribution in [2.24, 2.45) is 0 Å². The van der Waals surface area contributed by atoms with E-state index in [9.17, 15) is 4.79 Å². The van der Waals surface area contributed by atoms with E-state index in [1.54, 1.807) is 0 Å². The van der Waals surface area contributed by atoms with Crippen molar-refractivity contribution in [3.05, 3.63) is 96.1 Å². The van der Waals surface area contributed by atoms with Crippen LogP contribution in [-0.4, -0.2) is 30.0 Å². The summed E-state index contributed by atoms with van der Waals surface area (Å²) in [4.78, 5) is 14.9. The topological polar surface area (TPSA) is 38.8 Å². The van der Waals surface area contributed by atoms with Crippen LogP contribution < -0.4 is 4.74 Å². The summed E-state index contributed by atoms with van der Waals surface area (Å²) in [6.07, 6.45) is -0.113. The highest BCUT2D eigenvalue weighted by Crippen LogP contribution is 2.27. The lowest BCUT2D eigenvalue weighted by Crippen LogP contribution is -2.45. The summed E-state index contributed by atoms with van der Waals surface area (Å²) >= 11 is 0. The molecule has 0 radical (unpaired) electrons. The molecule has 1 fully saturated rings. The Kier molecular flexibility index (Phi) is 5.40. The summed E-state index contributed by atoms with van der Waals surface area (Å²) in [7, 11) is 0. The molecule has 0 spiro atoms. The van der Waals surface area contributed by atoms with E-state index in [-0.39, 0.29) is 18.1 Å².